The van der Waals surface area contributed by atoms with Gasteiger partial charge in [-0.05, 0) is 46.0 Å². The van der Waals surface area contributed by atoms with Gasteiger partial charge in [-0.1, -0.05) is 0 Å². The van der Waals surface area contributed by atoms with Crippen molar-refractivity contribution in [2.75, 3.05) is 26.2 Å². The maximum Gasteiger partial charge on any atom is 0.407 e. The Bertz CT molecular complexity index is 388. The van der Waals surface area contributed by atoms with Crippen LogP contribution in [0.15, 0.2) is 0 Å². The molecule has 2 aliphatic rings. The molecule has 6 nitrogen and oxygen atoms in total. The predicted octanol–water partition coefficient (Wildman–Crippen LogP) is 1.11. The van der Waals surface area contributed by atoms with Crippen molar-refractivity contribution in [2.24, 2.45) is 5.92 Å². The van der Waals surface area contributed by atoms with Crippen LogP contribution in [0.3, 0.4) is 0 Å². The van der Waals surface area contributed by atoms with E-state index in [2.05, 4.69) is 15.5 Å². The van der Waals surface area contributed by atoms with Gasteiger partial charge in [0.05, 0.1) is 6.54 Å². The quantitative estimate of drug-likeness (QED) is 0.797. The summed E-state index contributed by atoms with van der Waals surface area (Å²) in [5.74, 6) is 0.786. The lowest BCUT2D eigenvalue weighted by molar-refractivity contribution is -0.122. The highest BCUT2D eigenvalue weighted by Crippen LogP contribution is 2.27. The normalized spacial score (nSPS) is 22.9. The third-order valence-electron chi connectivity index (χ3n) is 3.65. The van der Waals surface area contributed by atoms with E-state index in [1.165, 1.54) is 12.8 Å². The van der Waals surface area contributed by atoms with E-state index in [-0.39, 0.29) is 18.0 Å². The molecule has 2 rings (SSSR count). The molecule has 21 heavy (non-hydrogen) atoms. The lowest BCUT2D eigenvalue weighted by Crippen LogP contribution is -2.42. The molecule has 0 spiro atoms. The fourth-order valence-electron chi connectivity index (χ4n) is 2.41. The van der Waals surface area contributed by atoms with E-state index < -0.39 is 5.60 Å². The van der Waals surface area contributed by atoms with Crippen LogP contribution in [0.4, 0.5) is 4.79 Å². The van der Waals surface area contributed by atoms with Crippen molar-refractivity contribution in [1.29, 1.82) is 0 Å². The average Bonchev–Trinajstić information content (AvgIpc) is 3.07. The molecule has 2 amide bonds. The molecule has 1 heterocycles. The molecular weight excluding hydrogens is 270 g/mol. The van der Waals surface area contributed by atoms with E-state index >= 15 is 0 Å². The first-order valence-corrected chi connectivity index (χ1v) is 7.80. The maximum absolute atomic E-state index is 11.8. The van der Waals surface area contributed by atoms with E-state index in [0.717, 1.165) is 19.5 Å². The van der Waals surface area contributed by atoms with E-state index in [0.29, 0.717) is 19.0 Å². The van der Waals surface area contributed by atoms with Crippen molar-refractivity contribution in [3.8, 4) is 0 Å². The zero-order valence-electron chi connectivity index (χ0n) is 13.3. The number of carbonyl (C=O) groups is 2. The molecule has 0 aromatic rings. The Hall–Kier alpha value is -1.30. The molecule has 0 aromatic heterocycles. The largest absolute Gasteiger partial charge is 0.444 e. The topological polar surface area (TPSA) is 70.7 Å². The molecule has 1 aliphatic heterocycles. The van der Waals surface area contributed by atoms with Gasteiger partial charge in [-0.15, -0.1) is 0 Å². The summed E-state index contributed by atoms with van der Waals surface area (Å²) in [6, 6.07) is 0.0658. The summed E-state index contributed by atoms with van der Waals surface area (Å²) in [5, 5.41) is 5.83. The third kappa shape index (κ3) is 6.33. The van der Waals surface area contributed by atoms with Gasteiger partial charge in [0.1, 0.15) is 5.60 Å². The van der Waals surface area contributed by atoms with Crippen LogP contribution in [0.1, 0.15) is 40.0 Å². The fraction of sp³-hybridized carbons (Fsp3) is 0.867. The molecule has 2 fully saturated rings. The summed E-state index contributed by atoms with van der Waals surface area (Å²) in [7, 11) is 0. The molecule has 2 N–H and O–H groups in total. The van der Waals surface area contributed by atoms with Gasteiger partial charge in [-0.25, -0.2) is 4.79 Å². The number of carbonyl (C=O) groups excluding carboxylic acids is 2. The fourth-order valence-corrected chi connectivity index (χ4v) is 2.41. The predicted molar refractivity (Wildman–Crippen MR) is 79.9 cm³/mol. The van der Waals surface area contributed by atoms with Gasteiger partial charge in [0.25, 0.3) is 0 Å². The van der Waals surface area contributed by atoms with Gasteiger partial charge in [-0.2, -0.15) is 0 Å². The second-order valence-electron chi connectivity index (χ2n) is 7.11. The number of nitrogens with one attached hydrogen (secondary N) is 2. The van der Waals surface area contributed by atoms with Crippen molar-refractivity contribution in [1.82, 2.24) is 15.5 Å². The lowest BCUT2D eigenvalue weighted by atomic mass is 10.2. The minimum Gasteiger partial charge on any atom is -0.444 e. The van der Waals surface area contributed by atoms with Crippen LogP contribution in [-0.2, 0) is 9.53 Å². The van der Waals surface area contributed by atoms with Crippen molar-refractivity contribution in [3.63, 3.8) is 0 Å². The van der Waals surface area contributed by atoms with Crippen molar-refractivity contribution >= 4 is 12.0 Å². The second kappa shape index (κ2) is 6.64. The van der Waals surface area contributed by atoms with Crippen molar-refractivity contribution in [2.45, 2.75) is 51.7 Å². The molecule has 0 aromatic carbocycles. The van der Waals surface area contributed by atoms with Gasteiger partial charge >= 0.3 is 6.09 Å². The maximum atomic E-state index is 11.8. The summed E-state index contributed by atoms with van der Waals surface area (Å²) >= 11 is 0. The van der Waals surface area contributed by atoms with Gasteiger partial charge < -0.3 is 15.4 Å². The number of nitrogens with zero attached hydrogens (tertiary/aromatic N) is 1. The highest BCUT2D eigenvalue weighted by Gasteiger charge is 2.27. The molecule has 1 atom stereocenters. The lowest BCUT2D eigenvalue weighted by Gasteiger charge is -2.22. The third-order valence-corrected chi connectivity index (χ3v) is 3.65. The van der Waals surface area contributed by atoms with Gasteiger partial charge in [0.15, 0.2) is 0 Å². The molecule has 6 heteroatoms. The highest BCUT2D eigenvalue weighted by atomic mass is 16.6. The van der Waals surface area contributed by atoms with E-state index in [9.17, 15) is 9.59 Å². The monoisotopic (exact) mass is 297 g/mol. The Morgan fingerprint density at radius 2 is 1.95 bits per heavy atom. The van der Waals surface area contributed by atoms with Crippen LogP contribution >= 0.6 is 0 Å². The molecular formula is C15H27N3O3. The minimum absolute atomic E-state index is 0.0658. The standard InChI is InChI=1S/C15H27N3O3/c1-15(2,3)21-14(20)17-12-6-7-18(9-12)10-13(19)16-8-11-4-5-11/h11-12H,4-10H2,1-3H3,(H,16,19)(H,17,20)/t12-/m0/s1. The van der Waals surface area contributed by atoms with Gasteiger partial charge in [0, 0.05) is 25.7 Å². The Morgan fingerprint density at radius 3 is 2.57 bits per heavy atom. The van der Waals surface area contributed by atoms with Crippen LogP contribution in [-0.4, -0.2) is 54.7 Å². The number of likely N-dealkylation sites (tertiary alicyclic amines) is 1. The van der Waals surface area contributed by atoms with Crippen LogP contribution in [0, 0.1) is 5.92 Å². The van der Waals surface area contributed by atoms with Crippen LogP contribution < -0.4 is 10.6 Å². The average molecular weight is 297 g/mol. The molecule has 1 saturated carbocycles. The molecule has 0 bridgehead atoms. The van der Waals surface area contributed by atoms with Gasteiger partial charge in [0.2, 0.25) is 5.91 Å². The summed E-state index contributed by atoms with van der Waals surface area (Å²) in [6.07, 6.45) is 2.96. The Morgan fingerprint density at radius 1 is 1.24 bits per heavy atom. The smallest absolute Gasteiger partial charge is 0.407 e. The summed E-state index contributed by atoms with van der Waals surface area (Å²) in [5.41, 5.74) is -0.481. The number of hydrogen-bond donors (Lipinski definition) is 2. The van der Waals surface area contributed by atoms with E-state index in [1.807, 2.05) is 20.8 Å². The number of alkyl carbamates (subject to hydrolysis) is 1. The first kappa shape index (κ1) is 16.1. The minimum atomic E-state index is -0.481. The number of hydrogen-bond acceptors (Lipinski definition) is 4. The summed E-state index contributed by atoms with van der Waals surface area (Å²) < 4.78 is 5.24. The number of ether oxygens (including phenoxy) is 1. The summed E-state index contributed by atoms with van der Waals surface area (Å²) in [4.78, 5) is 25.6. The second-order valence-corrected chi connectivity index (χ2v) is 7.11. The van der Waals surface area contributed by atoms with Crippen LogP contribution in [0.25, 0.3) is 0 Å². The van der Waals surface area contributed by atoms with E-state index in [4.69, 9.17) is 4.74 Å². The first-order valence-electron chi connectivity index (χ1n) is 7.80. The van der Waals surface area contributed by atoms with Gasteiger partial charge in [-0.3, -0.25) is 9.69 Å². The zero-order chi connectivity index (χ0) is 15.5. The Labute approximate surface area is 126 Å². The van der Waals surface area contributed by atoms with Crippen molar-refractivity contribution in [3.05, 3.63) is 0 Å². The van der Waals surface area contributed by atoms with Crippen LogP contribution in [0.5, 0.6) is 0 Å². The Balaban J connectivity index is 1.63. The summed E-state index contributed by atoms with van der Waals surface area (Å²) in [6.45, 7) is 8.30. The molecule has 1 saturated heterocycles. The first-order chi connectivity index (χ1) is 9.82. The molecule has 0 unspecified atom stereocenters. The molecule has 0 radical (unpaired) electrons. The Kier molecular flexibility index (Phi) is 5.08. The SMILES string of the molecule is CC(C)(C)OC(=O)N[C@H]1CCN(CC(=O)NCC2CC2)C1. The molecule has 1 aliphatic carbocycles. The highest BCUT2D eigenvalue weighted by molar-refractivity contribution is 5.78. The van der Waals surface area contributed by atoms with Crippen molar-refractivity contribution < 1.29 is 14.3 Å². The molecule has 120 valence electrons. The zero-order valence-corrected chi connectivity index (χ0v) is 13.3. The van der Waals surface area contributed by atoms with E-state index in [1.54, 1.807) is 0 Å². The number of rotatable bonds is 5. The van der Waals surface area contributed by atoms with Crippen LogP contribution in [0.2, 0.25) is 0 Å². The number of amides is 2.